The minimum Gasteiger partial charge on any atom is -0.459 e. The van der Waals surface area contributed by atoms with Crippen LogP contribution in [0, 0.1) is 23.3 Å². The number of ketones is 4. The van der Waals surface area contributed by atoms with Crippen molar-refractivity contribution in [3.63, 3.8) is 0 Å². The van der Waals surface area contributed by atoms with Gasteiger partial charge in [-0.05, 0) is 139 Å². The van der Waals surface area contributed by atoms with E-state index in [0.29, 0.717) is 22.3 Å². The molecule has 0 spiro atoms. The molecule has 0 unspecified atom stereocenters. The van der Waals surface area contributed by atoms with Crippen molar-refractivity contribution in [3.05, 3.63) is 293 Å². The number of benzene rings is 9. The first kappa shape index (κ1) is 58.9. The Morgan fingerprint density at radius 2 is 0.617 bits per heavy atom. The highest BCUT2D eigenvalue weighted by atomic mass is 32.1. The summed E-state index contributed by atoms with van der Waals surface area (Å²) < 4.78 is 82.8. The van der Waals surface area contributed by atoms with E-state index in [2.05, 4.69) is 0 Å². The Hall–Kier alpha value is -11.5. The molecule has 2 aromatic heterocycles. The maximum absolute atomic E-state index is 15.9. The first-order valence-electron chi connectivity index (χ1n) is 29.1. The molecule has 2 heterocycles. The molecule has 0 radical (unpaired) electrons. The first-order valence-corrected chi connectivity index (χ1v) is 30.7. The predicted octanol–water partition coefficient (Wildman–Crippen LogP) is 13.9. The third kappa shape index (κ3) is 9.42. The smallest absolute Gasteiger partial charge is 0.334 e. The molecule has 0 saturated heterocycles. The molecule has 0 fully saturated rings. The number of fused-ring (bicyclic) bond motifs is 10. The Kier molecular flexibility index (Phi) is 14.2. The number of halogens is 4. The van der Waals surface area contributed by atoms with Crippen LogP contribution in [-0.2, 0) is 75.4 Å². The van der Waals surface area contributed by atoms with Gasteiger partial charge in [0.05, 0.1) is 32.3 Å². The van der Waals surface area contributed by atoms with Gasteiger partial charge in [-0.3, -0.25) is 38.4 Å². The number of esters is 4. The molecule has 4 aliphatic rings. The maximum Gasteiger partial charge on any atom is 0.334 e. The van der Waals surface area contributed by atoms with Crippen molar-refractivity contribution in [1.82, 2.24) is 9.97 Å². The number of thiazole rings is 2. The Morgan fingerprint density at radius 1 is 0.362 bits per heavy atom. The molecule has 15 rings (SSSR count). The standard InChI is InChI=1S/C74H40F4N2O12S2/c75-55-25-41-21-45-46(22-42(41)26-56(55)76)62(82)51(61(45)81)31-59-79-67-65(93-59)49-30-54-50(29-53(49)73(67,69(85)89-33-37-13-5-1-6-14-37)70(86)90-34-38-15-7-2-8-16-38)66-68(74(54,71(87)91-35-39-17-9-3-10-18-39)72(88)92-36-40-19-11-4-12-20-40)80-60(94-66)32-52-63(83)47-23-43-27-57(77)58(78)28-44(43)24-48(47)64(52)84/h1-32H,33-36H2. The average Bonchev–Trinajstić information content (AvgIpc) is 1.51. The number of carbonyl (C=O) groups excluding carboxylic acids is 8. The second-order valence-corrected chi connectivity index (χ2v) is 24.7. The summed E-state index contributed by atoms with van der Waals surface area (Å²) in [5.41, 5.74) is -5.39. The molecule has 11 aromatic rings. The van der Waals surface area contributed by atoms with Crippen molar-refractivity contribution in [1.29, 1.82) is 0 Å². The van der Waals surface area contributed by atoms with E-state index in [-0.39, 0.29) is 124 Å². The van der Waals surface area contributed by atoms with Gasteiger partial charge >= 0.3 is 23.9 Å². The summed E-state index contributed by atoms with van der Waals surface area (Å²) in [6.45, 7) is -1.56. The quantitative estimate of drug-likeness (QED) is 0.0249. The molecule has 0 saturated carbocycles. The second kappa shape index (κ2) is 22.7. The molecule has 458 valence electrons. The molecule has 94 heavy (non-hydrogen) atoms. The molecule has 0 amide bonds. The lowest BCUT2D eigenvalue weighted by Gasteiger charge is -2.28. The lowest BCUT2D eigenvalue weighted by atomic mass is 9.76. The Labute approximate surface area is 537 Å². The van der Waals surface area contributed by atoms with Crippen LogP contribution in [0.2, 0.25) is 0 Å². The van der Waals surface area contributed by atoms with Gasteiger partial charge in [-0.1, -0.05) is 121 Å². The van der Waals surface area contributed by atoms with Crippen molar-refractivity contribution >= 4 is 103 Å². The molecule has 0 aliphatic heterocycles. The molecular formula is C74H40F4N2O12S2. The van der Waals surface area contributed by atoms with Gasteiger partial charge in [0.2, 0.25) is 10.8 Å². The minimum atomic E-state index is -2.71. The normalized spacial score (nSPS) is 14.3. The molecule has 0 N–H and O–H groups in total. The van der Waals surface area contributed by atoms with Gasteiger partial charge < -0.3 is 18.9 Å². The van der Waals surface area contributed by atoms with Gasteiger partial charge in [-0.25, -0.2) is 27.5 Å². The van der Waals surface area contributed by atoms with Crippen LogP contribution in [0.5, 0.6) is 0 Å². The molecule has 20 heteroatoms. The summed E-state index contributed by atoms with van der Waals surface area (Å²) in [4.78, 5) is 131. The van der Waals surface area contributed by atoms with E-state index in [4.69, 9.17) is 28.9 Å². The van der Waals surface area contributed by atoms with Gasteiger partial charge in [-0.15, -0.1) is 22.7 Å². The number of aromatic nitrogens is 2. The number of allylic oxidation sites excluding steroid dienone is 2. The Morgan fingerprint density at radius 3 is 0.872 bits per heavy atom. The van der Waals surface area contributed by atoms with Crippen molar-refractivity contribution in [3.8, 4) is 20.9 Å². The topological polar surface area (TPSA) is 199 Å². The first-order chi connectivity index (χ1) is 45.5. The maximum atomic E-state index is 15.9. The fourth-order valence-electron chi connectivity index (χ4n) is 12.5. The third-order valence-corrected chi connectivity index (χ3v) is 19.1. The van der Waals surface area contributed by atoms with Crippen molar-refractivity contribution in [2.75, 3.05) is 0 Å². The summed E-state index contributed by atoms with van der Waals surface area (Å²) in [5.74, 6) is -12.7. The Balaban J connectivity index is 0.952. The molecule has 0 bridgehead atoms. The molecule has 0 atom stereocenters. The zero-order valence-corrected chi connectivity index (χ0v) is 50.1. The lowest BCUT2D eigenvalue weighted by molar-refractivity contribution is -0.166. The fraction of sp³-hybridized carbons (Fsp3) is 0.0811. The fourth-order valence-corrected chi connectivity index (χ4v) is 14.7. The average molecular weight is 1290 g/mol. The summed E-state index contributed by atoms with van der Waals surface area (Å²) in [7, 11) is 0. The number of hydrogen-bond donors (Lipinski definition) is 0. The van der Waals surface area contributed by atoms with Crippen LogP contribution in [0.4, 0.5) is 17.6 Å². The Bertz CT molecular complexity index is 4700. The van der Waals surface area contributed by atoms with Crippen molar-refractivity contribution in [2.45, 2.75) is 37.3 Å². The SMILES string of the molecule is O=C1C(=Cc2nc3c(s2)-c2cc4c(cc2C3(C(=O)OCc2ccccc2)C(=O)OCc2ccccc2)-c2sc(C=C3C(=O)c5cc6cc(F)c(F)cc6cc5C3=O)nc2C4(C(=O)OCc2ccccc2)C(=O)OCc2ccccc2)C(=O)c2cc3cc(F)c(F)cc3cc21. The number of ether oxygens (including phenoxy) is 4. The van der Waals surface area contributed by atoms with Crippen molar-refractivity contribution < 1.29 is 74.9 Å². The van der Waals surface area contributed by atoms with Crippen LogP contribution in [0.25, 0.3) is 54.6 Å². The number of rotatable bonds is 14. The summed E-state index contributed by atoms with van der Waals surface area (Å²) in [6, 6.07) is 45.8. The van der Waals surface area contributed by atoms with Gasteiger partial charge in [0.15, 0.2) is 46.4 Å². The minimum absolute atomic E-state index is 0.0209. The van der Waals surface area contributed by atoms with Crippen LogP contribution in [0.15, 0.2) is 193 Å². The van der Waals surface area contributed by atoms with E-state index >= 15 is 19.2 Å². The number of nitrogens with zero attached hydrogens (tertiary/aromatic N) is 2. The van der Waals surface area contributed by atoms with Crippen LogP contribution < -0.4 is 0 Å². The number of carbonyl (C=O) groups is 8. The lowest BCUT2D eigenvalue weighted by Crippen LogP contribution is -2.47. The zero-order valence-electron chi connectivity index (χ0n) is 48.4. The second-order valence-electron chi connectivity index (χ2n) is 22.6. The third-order valence-electron chi connectivity index (χ3n) is 17.1. The molecular weight excluding hydrogens is 1250 g/mol. The number of hydrogen-bond acceptors (Lipinski definition) is 16. The largest absolute Gasteiger partial charge is 0.459 e. The van der Waals surface area contributed by atoms with Crippen LogP contribution in [-0.4, -0.2) is 57.0 Å². The predicted molar refractivity (Wildman–Crippen MR) is 336 cm³/mol. The van der Waals surface area contributed by atoms with Gasteiger partial charge in [0, 0.05) is 22.3 Å². The highest BCUT2D eigenvalue weighted by molar-refractivity contribution is 7.17. The molecule has 4 aliphatic carbocycles. The highest BCUT2D eigenvalue weighted by Crippen LogP contribution is 2.60. The monoisotopic (exact) mass is 1290 g/mol. The molecule has 9 aromatic carbocycles. The summed E-state index contributed by atoms with van der Waals surface area (Å²) in [5, 5.41) is 0.377. The zero-order chi connectivity index (χ0) is 64.9. The van der Waals surface area contributed by atoms with Crippen molar-refractivity contribution in [2.24, 2.45) is 0 Å². The summed E-state index contributed by atoms with van der Waals surface area (Å²) >= 11 is 1.65. The van der Waals surface area contributed by atoms with Crippen LogP contribution in [0.1, 0.15) is 96.2 Å². The van der Waals surface area contributed by atoms with E-state index in [9.17, 15) is 36.7 Å². The van der Waals surface area contributed by atoms with Gasteiger partial charge in [0.1, 0.15) is 36.4 Å². The van der Waals surface area contributed by atoms with E-state index in [1.165, 1.54) is 48.6 Å². The van der Waals surface area contributed by atoms with Crippen LogP contribution >= 0.6 is 22.7 Å². The van der Waals surface area contributed by atoms with E-state index in [0.717, 1.165) is 46.9 Å². The van der Waals surface area contributed by atoms with Crippen LogP contribution in [0.3, 0.4) is 0 Å². The van der Waals surface area contributed by atoms with E-state index in [1.54, 1.807) is 121 Å². The van der Waals surface area contributed by atoms with Gasteiger partial charge in [0.25, 0.3) is 0 Å². The summed E-state index contributed by atoms with van der Waals surface area (Å²) in [6.07, 6.45) is 2.34. The number of Topliss-reactive ketones (excluding diaryl/α,β-unsaturated/α-hetero) is 4. The van der Waals surface area contributed by atoms with E-state index in [1.807, 2.05) is 0 Å². The molecule has 14 nitrogen and oxygen atoms in total. The highest BCUT2D eigenvalue weighted by Gasteiger charge is 2.65. The van der Waals surface area contributed by atoms with Gasteiger partial charge in [-0.2, -0.15) is 0 Å². The van der Waals surface area contributed by atoms with E-state index < -0.39 is 92.3 Å².